The summed E-state index contributed by atoms with van der Waals surface area (Å²) in [5, 5.41) is 11.7. The fourth-order valence-corrected chi connectivity index (χ4v) is 4.92. The number of nitrogens with zero attached hydrogens (tertiary/aromatic N) is 3. The third-order valence-electron chi connectivity index (χ3n) is 6.72. The van der Waals surface area contributed by atoms with Gasteiger partial charge in [-0.3, -0.25) is 4.79 Å². The molecule has 4 rings (SSSR count). The van der Waals surface area contributed by atoms with Crippen molar-refractivity contribution in [1.82, 2.24) is 9.80 Å². The van der Waals surface area contributed by atoms with Crippen LogP contribution in [-0.4, -0.2) is 53.0 Å². The van der Waals surface area contributed by atoms with Crippen LogP contribution in [0.4, 0.5) is 8.78 Å². The molecule has 1 aliphatic heterocycles. The van der Waals surface area contributed by atoms with Gasteiger partial charge in [0.1, 0.15) is 11.6 Å². The zero-order valence-electron chi connectivity index (χ0n) is 18.6. The number of halogens is 2. The zero-order valence-corrected chi connectivity index (χ0v) is 18.6. The second-order valence-corrected chi connectivity index (χ2v) is 8.85. The molecular formula is C25H30F2N4O2. The van der Waals surface area contributed by atoms with E-state index in [1.54, 1.807) is 4.90 Å². The molecule has 0 bridgehead atoms. The molecule has 0 spiro atoms. The second-order valence-electron chi connectivity index (χ2n) is 8.85. The van der Waals surface area contributed by atoms with E-state index in [4.69, 9.17) is 5.73 Å². The van der Waals surface area contributed by atoms with Crippen LogP contribution in [0.2, 0.25) is 0 Å². The standard InChI is InChI=1S/C25H30F2N4O2/c26-21-14-18(15-22(27)16-21)17-29-24(28)31-12-10-30(11-13-31)23(32)25(33,20-8-4-5-9-20)19-6-2-1-3-7-19/h1-3,6-7,14-16,20,33H,4-5,8-13,17H2,(H2,28,29). The highest BCUT2D eigenvalue weighted by atomic mass is 19.1. The Morgan fingerprint density at radius 1 is 1.00 bits per heavy atom. The summed E-state index contributed by atoms with van der Waals surface area (Å²) in [4.78, 5) is 21.4. The Hall–Kier alpha value is -3.00. The van der Waals surface area contributed by atoms with Crippen LogP contribution in [0.5, 0.6) is 0 Å². The minimum atomic E-state index is -1.53. The van der Waals surface area contributed by atoms with Crippen molar-refractivity contribution in [3.05, 3.63) is 71.3 Å². The molecule has 1 saturated carbocycles. The molecule has 1 amide bonds. The summed E-state index contributed by atoms with van der Waals surface area (Å²) in [5.74, 6) is -1.39. The van der Waals surface area contributed by atoms with Crippen molar-refractivity contribution >= 4 is 11.9 Å². The molecule has 1 atom stereocenters. The number of rotatable bonds is 5. The molecule has 2 aliphatic rings. The number of carbonyl (C=O) groups is 1. The van der Waals surface area contributed by atoms with Gasteiger partial charge in [-0.05, 0) is 36.1 Å². The fraction of sp³-hybridized carbons (Fsp3) is 0.440. The smallest absolute Gasteiger partial charge is 0.259 e. The minimum Gasteiger partial charge on any atom is -0.375 e. The maximum Gasteiger partial charge on any atom is 0.259 e. The zero-order chi connectivity index (χ0) is 23.4. The van der Waals surface area contributed by atoms with E-state index in [2.05, 4.69) is 4.99 Å². The molecule has 3 N–H and O–H groups in total. The number of carbonyl (C=O) groups excluding carboxylic acids is 1. The van der Waals surface area contributed by atoms with Crippen molar-refractivity contribution in [1.29, 1.82) is 0 Å². The van der Waals surface area contributed by atoms with Crippen LogP contribution in [0, 0.1) is 17.6 Å². The van der Waals surface area contributed by atoms with E-state index >= 15 is 0 Å². The number of hydrogen-bond donors (Lipinski definition) is 2. The Kier molecular flexibility index (Phi) is 6.93. The fourth-order valence-electron chi connectivity index (χ4n) is 4.92. The van der Waals surface area contributed by atoms with Crippen LogP contribution in [0.1, 0.15) is 36.8 Å². The van der Waals surface area contributed by atoms with Crippen molar-refractivity contribution in [2.45, 2.75) is 37.8 Å². The first-order chi connectivity index (χ1) is 15.9. The summed E-state index contributed by atoms with van der Waals surface area (Å²) < 4.78 is 26.7. The number of guanidine groups is 1. The van der Waals surface area contributed by atoms with E-state index in [9.17, 15) is 18.7 Å². The maximum atomic E-state index is 13.6. The predicted molar refractivity (Wildman–Crippen MR) is 122 cm³/mol. The van der Waals surface area contributed by atoms with Gasteiger partial charge in [0.2, 0.25) is 0 Å². The minimum absolute atomic E-state index is 0.0646. The van der Waals surface area contributed by atoms with Crippen molar-refractivity contribution < 1.29 is 18.7 Å². The Bertz CT molecular complexity index is 982. The normalized spacial score (nSPS) is 19.5. The molecule has 176 valence electrons. The summed E-state index contributed by atoms with van der Waals surface area (Å²) in [6.07, 6.45) is 3.70. The molecule has 1 saturated heterocycles. The van der Waals surface area contributed by atoms with Gasteiger partial charge < -0.3 is 20.6 Å². The largest absolute Gasteiger partial charge is 0.375 e. The average Bonchev–Trinajstić information content (AvgIpc) is 3.37. The monoisotopic (exact) mass is 456 g/mol. The number of benzene rings is 2. The summed E-state index contributed by atoms with van der Waals surface area (Å²) in [7, 11) is 0. The highest BCUT2D eigenvalue weighted by Crippen LogP contribution is 2.42. The molecular weight excluding hydrogens is 426 g/mol. The Labute approximate surface area is 192 Å². The van der Waals surface area contributed by atoms with Crippen molar-refractivity contribution in [2.24, 2.45) is 16.6 Å². The summed E-state index contributed by atoms with van der Waals surface area (Å²) in [5.41, 5.74) is 5.62. The van der Waals surface area contributed by atoms with E-state index < -0.39 is 17.2 Å². The first-order valence-electron chi connectivity index (χ1n) is 11.4. The first kappa shape index (κ1) is 23.2. The van der Waals surface area contributed by atoms with Gasteiger partial charge in [0.25, 0.3) is 5.91 Å². The highest BCUT2D eigenvalue weighted by Gasteiger charge is 2.48. The molecule has 33 heavy (non-hydrogen) atoms. The maximum absolute atomic E-state index is 13.6. The molecule has 1 heterocycles. The molecule has 2 aromatic carbocycles. The number of amides is 1. The average molecular weight is 457 g/mol. The van der Waals surface area contributed by atoms with Crippen LogP contribution >= 0.6 is 0 Å². The van der Waals surface area contributed by atoms with Gasteiger partial charge in [0, 0.05) is 38.2 Å². The highest BCUT2D eigenvalue weighted by molar-refractivity contribution is 5.87. The number of nitrogens with two attached hydrogens (primary N) is 1. The molecule has 2 fully saturated rings. The van der Waals surface area contributed by atoms with Crippen molar-refractivity contribution in [3.63, 3.8) is 0 Å². The number of hydrogen-bond acceptors (Lipinski definition) is 3. The third kappa shape index (κ3) is 5.00. The van der Waals surface area contributed by atoms with Gasteiger partial charge in [-0.25, -0.2) is 13.8 Å². The van der Waals surface area contributed by atoms with Gasteiger partial charge >= 0.3 is 0 Å². The molecule has 0 radical (unpaired) electrons. The summed E-state index contributed by atoms with van der Waals surface area (Å²) >= 11 is 0. The van der Waals surface area contributed by atoms with E-state index in [1.807, 2.05) is 35.2 Å². The topological polar surface area (TPSA) is 82.2 Å². The van der Waals surface area contributed by atoms with Crippen LogP contribution in [-0.2, 0) is 16.9 Å². The number of aliphatic imine (C=N–C) groups is 1. The molecule has 1 unspecified atom stereocenters. The molecule has 6 nitrogen and oxygen atoms in total. The van der Waals surface area contributed by atoms with Crippen molar-refractivity contribution in [3.8, 4) is 0 Å². The van der Waals surface area contributed by atoms with Gasteiger partial charge in [-0.1, -0.05) is 43.2 Å². The van der Waals surface area contributed by atoms with E-state index in [0.29, 0.717) is 37.3 Å². The van der Waals surface area contributed by atoms with Crippen LogP contribution in [0.3, 0.4) is 0 Å². The summed E-state index contributed by atoms with van der Waals surface area (Å²) in [6, 6.07) is 12.5. The lowest BCUT2D eigenvalue weighted by molar-refractivity contribution is -0.160. The lowest BCUT2D eigenvalue weighted by atomic mass is 9.79. The first-order valence-corrected chi connectivity index (χ1v) is 11.4. The van der Waals surface area contributed by atoms with Gasteiger partial charge in [0.05, 0.1) is 6.54 Å². The summed E-state index contributed by atoms with van der Waals surface area (Å²) in [6.45, 7) is 1.81. The molecule has 0 aromatic heterocycles. The van der Waals surface area contributed by atoms with Crippen molar-refractivity contribution in [2.75, 3.05) is 26.2 Å². The van der Waals surface area contributed by atoms with E-state index in [0.717, 1.165) is 31.7 Å². The number of piperazine rings is 1. The predicted octanol–water partition coefficient (Wildman–Crippen LogP) is 3.00. The van der Waals surface area contributed by atoms with Gasteiger partial charge in [-0.2, -0.15) is 0 Å². The quantitative estimate of drug-likeness (QED) is 0.535. The second kappa shape index (κ2) is 9.87. The van der Waals surface area contributed by atoms with Gasteiger partial charge in [0.15, 0.2) is 11.6 Å². The van der Waals surface area contributed by atoms with E-state index in [-0.39, 0.29) is 24.3 Å². The lowest BCUT2D eigenvalue weighted by Crippen LogP contribution is -2.58. The van der Waals surface area contributed by atoms with E-state index in [1.165, 1.54) is 12.1 Å². The molecule has 8 heteroatoms. The Balaban J connectivity index is 1.42. The molecule has 2 aromatic rings. The van der Waals surface area contributed by atoms with Crippen LogP contribution in [0.25, 0.3) is 0 Å². The number of aliphatic hydroxyl groups is 1. The lowest BCUT2D eigenvalue weighted by Gasteiger charge is -2.41. The molecule has 1 aliphatic carbocycles. The SMILES string of the molecule is NC(=NCc1cc(F)cc(F)c1)N1CCN(C(=O)C(O)(c2ccccc2)C2CCCC2)CC1. The van der Waals surface area contributed by atoms with Gasteiger partial charge in [-0.15, -0.1) is 0 Å². The van der Waals surface area contributed by atoms with Crippen LogP contribution < -0.4 is 5.73 Å². The third-order valence-corrected chi connectivity index (χ3v) is 6.72. The Morgan fingerprint density at radius 3 is 2.18 bits per heavy atom. The van der Waals surface area contributed by atoms with Crippen LogP contribution in [0.15, 0.2) is 53.5 Å². The Morgan fingerprint density at radius 2 is 1.58 bits per heavy atom.